The van der Waals surface area contributed by atoms with Crippen molar-refractivity contribution in [2.45, 2.75) is 6.54 Å². The number of nitrogens with zero attached hydrogens (tertiary/aromatic N) is 2. The first-order valence-corrected chi connectivity index (χ1v) is 10.4. The van der Waals surface area contributed by atoms with Gasteiger partial charge in [-0.3, -0.25) is 9.69 Å². The van der Waals surface area contributed by atoms with Gasteiger partial charge in [-0.25, -0.2) is 4.39 Å². The lowest BCUT2D eigenvalue weighted by molar-refractivity contribution is 0.226. The summed E-state index contributed by atoms with van der Waals surface area (Å²) < 4.78 is 24.3. The number of benzene rings is 2. The Morgan fingerprint density at radius 1 is 1.00 bits per heavy atom. The zero-order valence-corrected chi connectivity index (χ0v) is 17.2. The first-order valence-electron chi connectivity index (χ1n) is 10.4. The van der Waals surface area contributed by atoms with Gasteiger partial charge < -0.3 is 14.1 Å². The van der Waals surface area contributed by atoms with E-state index in [0.717, 1.165) is 37.4 Å². The minimum absolute atomic E-state index is 0.181. The van der Waals surface area contributed by atoms with E-state index in [9.17, 15) is 9.18 Å². The summed E-state index contributed by atoms with van der Waals surface area (Å²) in [6, 6.07) is 18.0. The van der Waals surface area contributed by atoms with E-state index in [4.69, 9.17) is 9.15 Å². The Bertz CT molecular complexity index is 1060. The van der Waals surface area contributed by atoms with E-state index in [1.807, 2.05) is 42.5 Å². The van der Waals surface area contributed by atoms with Gasteiger partial charge in [0, 0.05) is 37.9 Å². The van der Waals surface area contributed by atoms with Crippen LogP contribution in [0.15, 0.2) is 82.2 Å². The Kier molecular flexibility index (Phi) is 6.79. The average molecular weight is 420 g/mol. The first-order chi connectivity index (χ1) is 15.2. The van der Waals surface area contributed by atoms with Crippen LogP contribution in [-0.4, -0.2) is 37.7 Å². The fourth-order valence-corrected chi connectivity index (χ4v) is 3.55. The highest BCUT2D eigenvalue weighted by Crippen LogP contribution is 2.18. The summed E-state index contributed by atoms with van der Waals surface area (Å²) in [6.45, 7) is 4.22. The maximum absolute atomic E-state index is 13.1. The second kappa shape index (κ2) is 10.1. The predicted octanol–water partition coefficient (Wildman–Crippen LogP) is 4.19. The Hall–Kier alpha value is -3.38. The SMILES string of the molecule is O=c1cc(CN2CCN(c3ccc(F)cc3)CC2)occ1OC/C=C/c1ccccc1. The van der Waals surface area contributed by atoms with Crippen LogP contribution in [-0.2, 0) is 6.54 Å². The first kappa shape index (κ1) is 20.9. The Morgan fingerprint density at radius 2 is 1.74 bits per heavy atom. The van der Waals surface area contributed by atoms with Gasteiger partial charge in [0.25, 0.3) is 0 Å². The zero-order valence-electron chi connectivity index (χ0n) is 17.2. The van der Waals surface area contributed by atoms with Gasteiger partial charge in [0.05, 0.1) is 6.54 Å². The average Bonchev–Trinajstić information content (AvgIpc) is 2.80. The van der Waals surface area contributed by atoms with Gasteiger partial charge in [0.2, 0.25) is 11.2 Å². The summed E-state index contributed by atoms with van der Waals surface area (Å²) in [5.74, 6) is 0.604. The molecular formula is C25H25FN2O3. The lowest BCUT2D eigenvalue weighted by atomic mass is 10.2. The molecule has 31 heavy (non-hydrogen) atoms. The van der Waals surface area contributed by atoms with E-state index in [0.29, 0.717) is 18.9 Å². The van der Waals surface area contributed by atoms with E-state index in [2.05, 4.69) is 9.80 Å². The maximum atomic E-state index is 13.1. The van der Waals surface area contributed by atoms with Crippen molar-refractivity contribution in [1.29, 1.82) is 0 Å². The van der Waals surface area contributed by atoms with Gasteiger partial charge in [-0.05, 0) is 35.9 Å². The largest absolute Gasteiger partial charge is 0.482 e. The van der Waals surface area contributed by atoms with Gasteiger partial charge in [-0.15, -0.1) is 0 Å². The summed E-state index contributed by atoms with van der Waals surface area (Å²) >= 11 is 0. The molecule has 6 heteroatoms. The molecule has 0 saturated carbocycles. The third-order valence-corrected chi connectivity index (χ3v) is 5.24. The van der Waals surface area contributed by atoms with Crippen LogP contribution < -0.4 is 15.1 Å². The number of hydrogen-bond donors (Lipinski definition) is 0. The van der Waals surface area contributed by atoms with Crippen molar-refractivity contribution in [2.24, 2.45) is 0 Å². The number of ether oxygens (including phenoxy) is 1. The van der Waals surface area contributed by atoms with Crippen LogP contribution in [0.1, 0.15) is 11.3 Å². The van der Waals surface area contributed by atoms with Gasteiger partial charge in [-0.2, -0.15) is 0 Å². The normalized spacial score (nSPS) is 14.8. The minimum atomic E-state index is -0.225. The summed E-state index contributed by atoms with van der Waals surface area (Å²) in [5, 5.41) is 0. The smallest absolute Gasteiger partial charge is 0.227 e. The zero-order chi connectivity index (χ0) is 21.5. The second-order valence-corrected chi connectivity index (χ2v) is 7.44. The molecule has 0 bridgehead atoms. The topological polar surface area (TPSA) is 45.9 Å². The van der Waals surface area contributed by atoms with Crippen LogP contribution in [0.5, 0.6) is 5.75 Å². The molecule has 0 unspecified atom stereocenters. The molecule has 5 nitrogen and oxygen atoms in total. The molecule has 1 fully saturated rings. The van der Waals surface area contributed by atoms with E-state index in [-0.39, 0.29) is 17.0 Å². The van der Waals surface area contributed by atoms with Gasteiger partial charge in [0.15, 0.2) is 0 Å². The van der Waals surface area contributed by atoms with Crippen molar-refractivity contribution in [3.63, 3.8) is 0 Å². The van der Waals surface area contributed by atoms with Crippen molar-refractivity contribution in [2.75, 3.05) is 37.7 Å². The summed E-state index contributed by atoms with van der Waals surface area (Å²) in [6.07, 6.45) is 5.20. The lowest BCUT2D eigenvalue weighted by Gasteiger charge is -2.35. The van der Waals surface area contributed by atoms with Crippen molar-refractivity contribution < 1.29 is 13.5 Å². The predicted molar refractivity (Wildman–Crippen MR) is 120 cm³/mol. The molecule has 160 valence electrons. The van der Waals surface area contributed by atoms with Crippen molar-refractivity contribution in [3.8, 4) is 5.75 Å². The van der Waals surface area contributed by atoms with Crippen molar-refractivity contribution in [1.82, 2.24) is 4.90 Å². The number of piperazine rings is 1. The van der Waals surface area contributed by atoms with Gasteiger partial charge in [-0.1, -0.05) is 36.4 Å². The maximum Gasteiger partial charge on any atom is 0.227 e. The molecule has 1 aromatic heterocycles. The van der Waals surface area contributed by atoms with Crippen LogP contribution in [0.25, 0.3) is 6.08 Å². The van der Waals surface area contributed by atoms with Crippen LogP contribution in [0, 0.1) is 5.82 Å². The van der Waals surface area contributed by atoms with Crippen molar-refractivity contribution >= 4 is 11.8 Å². The van der Waals surface area contributed by atoms with Gasteiger partial charge >= 0.3 is 0 Å². The van der Waals surface area contributed by atoms with Crippen LogP contribution in [0.4, 0.5) is 10.1 Å². The molecule has 1 aliphatic heterocycles. The minimum Gasteiger partial charge on any atom is -0.482 e. The number of rotatable bonds is 7. The fraction of sp³-hybridized carbons (Fsp3) is 0.240. The molecular weight excluding hydrogens is 395 g/mol. The number of anilines is 1. The third kappa shape index (κ3) is 5.83. The van der Waals surface area contributed by atoms with Gasteiger partial charge in [0.1, 0.15) is 24.4 Å². The fourth-order valence-electron chi connectivity index (χ4n) is 3.55. The molecule has 1 aliphatic rings. The monoisotopic (exact) mass is 420 g/mol. The molecule has 0 amide bonds. The highest BCUT2D eigenvalue weighted by molar-refractivity contribution is 5.48. The summed E-state index contributed by atoms with van der Waals surface area (Å²) in [7, 11) is 0. The summed E-state index contributed by atoms with van der Waals surface area (Å²) in [5.41, 5.74) is 1.92. The summed E-state index contributed by atoms with van der Waals surface area (Å²) in [4.78, 5) is 16.8. The molecule has 3 aromatic rings. The molecule has 1 saturated heterocycles. The van der Waals surface area contributed by atoms with Crippen LogP contribution in [0.3, 0.4) is 0 Å². The third-order valence-electron chi connectivity index (χ3n) is 5.24. The highest BCUT2D eigenvalue weighted by atomic mass is 19.1. The van der Waals surface area contributed by atoms with E-state index in [1.165, 1.54) is 24.5 Å². The highest BCUT2D eigenvalue weighted by Gasteiger charge is 2.18. The van der Waals surface area contributed by atoms with E-state index >= 15 is 0 Å². The molecule has 0 radical (unpaired) electrons. The Morgan fingerprint density at radius 3 is 2.45 bits per heavy atom. The molecule has 2 aromatic carbocycles. The molecule has 0 atom stereocenters. The number of halogens is 1. The molecule has 2 heterocycles. The Balaban J connectivity index is 1.26. The number of hydrogen-bond acceptors (Lipinski definition) is 5. The quantitative estimate of drug-likeness (QED) is 0.574. The molecule has 0 N–H and O–H groups in total. The molecule has 4 rings (SSSR count). The molecule has 0 spiro atoms. The van der Waals surface area contributed by atoms with Crippen molar-refractivity contribution in [3.05, 3.63) is 100 Å². The molecule has 0 aliphatic carbocycles. The van der Waals surface area contributed by atoms with Crippen LogP contribution in [0.2, 0.25) is 0 Å². The van der Waals surface area contributed by atoms with E-state index in [1.54, 1.807) is 12.1 Å². The second-order valence-electron chi connectivity index (χ2n) is 7.44. The standard InChI is InChI=1S/C25H25FN2O3/c26-21-8-10-22(11-9-21)28-14-12-27(13-15-28)18-23-17-24(29)25(19-31-23)30-16-4-7-20-5-2-1-3-6-20/h1-11,17,19H,12-16,18H2/b7-4+. The Labute approximate surface area is 181 Å². The lowest BCUT2D eigenvalue weighted by Crippen LogP contribution is -2.46. The van der Waals surface area contributed by atoms with Crippen LogP contribution >= 0.6 is 0 Å². The van der Waals surface area contributed by atoms with E-state index < -0.39 is 0 Å².